The van der Waals surface area contributed by atoms with E-state index in [0.717, 1.165) is 10.5 Å². The molecule has 0 aliphatic carbocycles. The summed E-state index contributed by atoms with van der Waals surface area (Å²) in [5.74, 6) is -0.419. The maximum absolute atomic E-state index is 13.7. The van der Waals surface area contributed by atoms with Crippen molar-refractivity contribution >= 4 is 15.9 Å². The Labute approximate surface area is 117 Å². The van der Waals surface area contributed by atoms with E-state index in [0.29, 0.717) is 0 Å². The molecule has 0 atom stereocenters. The van der Waals surface area contributed by atoms with E-state index < -0.39 is 5.82 Å². The molecule has 2 aromatic rings. The van der Waals surface area contributed by atoms with Crippen LogP contribution in [0.4, 0.5) is 4.39 Å². The number of ether oxygens (including phenoxy) is 1. The molecule has 19 heavy (non-hydrogen) atoms. The third kappa shape index (κ3) is 2.90. The van der Waals surface area contributed by atoms with Gasteiger partial charge in [0, 0.05) is 4.47 Å². The second kappa shape index (κ2) is 5.51. The van der Waals surface area contributed by atoms with Gasteiger partial charge < -0.3 is 4.74 Å². The lowest BCUT2D eigenvalue weighted by atomic mass is 10.2. The highest BCUT2D eigenvalue weighted by Gasteiger charge is 2.09. The topological polar surface area (TPSA) is 56.8 Å². The van der Waals surface area contributed by atoms with Crippen molar-refractivity contribution < 1.29 is 9.13 Å². The Kier molecular flexibility index (Phi) is 3.79. The van der Waals surface area contributed by atoms with E-state index in [1.54, 1.807) is 18.2 Å². The molecular formula is C14H6BrFN2O. The quantitative estimate of drug-likeness (QED) is 0.837. The number of halogens is 2. The third-order valence-electron chi connectivity index (χ3n) is 2.34. The van der Waals surface area contributed by atoms with Crippen LogP contribution in [0.15, 0.2) is 40.9 Å². The summed E-state index contributed by atoms with van der Waals surface area (Å²) in [4.78, 5) is 0. The minimum atomic E-state index is -0.647. The zero-order valence-electron chi connectivity index (χ0n) is 9.52. The van der Waals surface area contributed by atoms with Crippen molar-refractivity contribution in [2.75, 3.05) is 0 Å². The molecule has 0 heterocycles. The van der Waals surface area contributed by atoms with E-state index in [4.69, 9.17) is 15.3 Å². The molecule has 0 fully saturated rings. The van der Waals surface area contributed by atoms with Crippen molar-refractivity contribution in [3.05, 3.63) is 57.8 Å². The van der Waals surface area contributed by atoms with Gasteiger partial charge in [-0.1, -0.05) is 15.9 Å². The van der Waals surface area contributed by atoms with Gasteiger partial charge in [0.1, 0.15) is 11.8 Å². The predicted octanol–water partition coefficient (Wildman–Crippen LogP) is 4.12. The first-order chi connectivity index (χ1) is 9.13. The van der Waals surface area contributed by atoms with Gasteiger partial charge in [-0.05, 0) is 36.4 Å². The number of nitrogens with zero attached hydrogens (tertiary/aromatic N) is 2. The molecule has 0 saturated heterocycles. The van der Waals surface area contributed by atoms with Gasteiger partial charge in [-0.25, -0.2) is 4.39 Å². The van der Waals surface area contributed by atoms with Gasteiger partial charge in [-0.2, -0.15) is 10.5 Å². The number of rotatable bonds is 2. The molecule has 0 radical (unpaired) electrons. The summed E-state index contributed by atoms with van der Waals surface area (Å²) in [6.07, 6.45) is 0. The normalized spacial score (nSPS) is 9.47. The molecule has 0 bridgehead atoms. The van der Waals surface area contributed by atoms with Gasteiger partial charge >= 0.3 is 0 Å². The minimum absolute atomic E-state index is 0.0298. The SMILES string of the molecule is N#Cc1ccc(Oc2ccc(Br)cc2C#N)c(F)c1. The summed E-state index contributed by atoms with van der Waals surface area (Å²) >= 11 is 3.24. The predicted molar refractivity (Wildman–Crippen MR) is 70.0 cm³/mol. The molecule has 2 rings (SSSR count). The molecule has 5 heteroatoms. The average Bonchev–Trinajstić information content (AvgIpc) is 2.42. The number of nitriles is 2. The van der Waals surface area contributed by atoms with Crippen LogP contribution in [0.25, 0.3) is 0 Å². The Balaban J connectivity index is 2.37. The fourth-order valence-corrected chi connectivity index (χ4v) is 1.81. The van der Waals surface area contributed by atoms with Gasteiger partial charge in [0.05, 0.1) is 17.2 Å². The minimum Gasteiger partial charge on any atom is -0.453 e. The third-order valence-corrected chi connectivity index (χ3v) is 2.84. The number of benzene rings is 2. The largest absolute Gasteiger partial charge is 0.453 e. The van der Waals surface area contributed by atoms with Crippen LogP contribution >= 0.6 is 15.9 Å². The Bertz CT molecular complexity index is 716. The summed E-state index contributed by atoms with van der Waals surface area (Å²) in [5, 5.41) is 17.6. The highest BCUT2D eigenvalue weighted by Crippen LogP contribution is 2.29. The van der Waals surface area contributed by atoms with Crippen LogP contribution in [0.2, 0.25) is 0 Å². The van der Waals surface area contributed by atoms with Gasteiger partial charge in [0.25, 0.3) is 0 Å². The monoisotopic (exact) mass is 316 g/mol. The standard InChI is InChI=1S/C14H6BrFN2O/c15-11-2-4-13(10(6-11)8-18)19-14-3-1-9(7-17)5-12(14)16/h1-6H. The van der Waals surface area contributed by atoms with Gasteiger partial charge in [0.15, 0.2) is 11.6 Å². The molecule has 0 saturated carbocycles. The van der Waals surface area contributed by atoms with Crippen LogP contribution in [0, 0.1) is 28.5 Å². The lowest BCUT2D eigenvalue weighted by Crippen LogP contribution is -1.92. The Morgan fingerprint density at radius 3 is 2.37 bits per heavy atom. The van der Waals surface area contributed by atoms with E-state index in [9.17, 15) is 4.39 Å². The van der Waals surface area contributed by atoms with E-state index in [2.05, 4.69) is 15.9 Å². The molecule has 92 valence electrons. The fourth-order valence-electron chi connectivity index (χ4n) is 1.45. The number of hydrogen-bond donors (Lipinski definition) is 0. The maximum atomic E-state index is 13.7. The van der Waals surface area contributed by atoms with Gasteiger partial charge in [0.2, 0.25) is 0 Å². The summed E-state index contributed by atoms with van der Waals surface area (Å²) in [6, 6.07) is 12.5. The van der Waals surface area contributed by atoms with Crippen molar-refractivity contribution in [1.29, 1.82) is 10.5 Å². The Hall–Kier alpha value is -2.37. The van der Waals surface area contributed by atoms with Crippen molar-refractivity contribution in [1.82, 2.24) is 0 Å². The van der Waals surface area contributed by atoms with Crippen LogP contribution in [0.1, 0.15) is 11.1 Å². The second-order valence-corrected chi connectivity index (χ2v) is 4.53. The summed E-state index contributed by atoms with van der Waals surface area (Å²) in [6.45, 7) is 0. The fraction of sp³-hybridized carbons (Fsp3) is 0. The van der Waals surface area contributed by atoms with Crippen LogP contribution in [0.3, 0.4) is 0 Å². The van der Waals surface area contributed by atoms with Crippen LogP contribution in [-0.4, -0.2) is 0 Å². The van der Waals surface area contributed by atoms with E-state index in [1.807, 2.05) is 12.1 Å². The maximum Gasteiger partial charge on any atom is 0.167 e. The first kappa shape index (κ1) is 13.1. The summed E-state index contributed by atoms with van der Waals surface area (Å²) in [5.41, 5.74) is 0.499. The smallest absolute Gasteiger partial charge is 0.167 e. The number of hydrogen-bond acceptors (Lipinski definition) is 3. The van der Waals surface area contributed by atoms with Crippen LogP contribution in [-0.2, 0) is 0 Å². The highest BCUT2D eigenvalue weighted by atomic mass is 79.9. The Morgan fingerprint density at radius 1 is 1.00 bits per heavy atom. The summed E-state index contributed by atoms with van der Waals surface area (Å²) < 4.78 is 19.8. The van der Waals surface area contributed by atoms with E-state index in [1.165, 1.54) is 12.1 Å². The second-order valence-electron chi connectivity index (χ2n) is 3.61. The average molecular weight is 317 g/mol. The molecule has 0 spiro atoms. The van der Waals surface area contributed by atoms with E-state index in [-0.39, 0.29) is 22.6 Å². The molecule has 0 amide bonds. The van der Waals surface area contributed by atoms with Crippen molar-refractivity contribution in [2.24, 2.45) is 0 Å². The van der Waals surface area contributed by atoms with Crippen molar-refractivity contribution in [3.8, 4) is 23.6 Å². The molecule has 0 unspecified atom stereocenters. The zero-order chi connectivity index (χ0) is 13.8. The van der Waals surface area contributed by atoms with Crippen LogP contribution < -0.4 is 4.74 Å². The molecule has 0 aliphatic rings. The van der Waals surface area contributed by atoms with Crippen LogP contribution in [0.5, 0.6) is 11.5 Å². The first-order valence-electron chi connectivity index (χ1n) is 5.21. The van der Waals surface area contributed by atoms with Gasteiger partial charge in [-0.15, -0.1) is 0 Å². The van der Waals surface area contributed by atoms with Gasteiger partial charge in [-0.3, -0.25) is 0 Å². The zero-order valence-corrected chi connectivity index (χ0v) is 11.1. The molecule has 0 aliphatic heterocycles. The summed E-state index contributed by atoms with van der Waals surface area (Å²) in [7, 11) is 0. The molecular weight excluding hydrogens is 311 g/mol. The highest BCUT2D eigenvalue weighted by molar-refractivity contribution is 9.10. The lowest BCUT2D eigenvalue weighted by Gasteiger charge is -2.08. The molecule has 0 N–H and O–H groups in total. The van der Waals surface area contributed by atoms with E-state index >= 15 is 0 Å². The van der Waals surface area contributed by atoms with Crippen molar-refractivity contribution in [2.45, 2.75) is 0 Å². The van der Waals surface area contributed by atoms with Crippen molar-refractivity contribution in [3.63, 3.8) is 0 Å². The lowest BCUT2D eigenvalue weighted by molar-refractivity contribution is 0.441. The first-order valence-corrected chi connectivity index (χ1v) is 6.00. The molecule has 2 aromatic carbocycles. The Morgan fingerprint density at radius 2 is 1.74 bits per heavy atom. The molecule has 0 aromatic heterocycles. The molecule has 3 nitrogen and oxygen atoms in total.